The van der Waals surface area contributed by atoms with E-state index in [9.17, 15) is 4.79 Å². The zero-order valence-corrected chi connectivity index (χ0v) is 19.0. The first-order chi connectivity index (χ1) is 16.7. The number of carbonyl (C=O) groups is 1. The van der Waals surface area contributed by atoms with E-state index in [0.717, 1.165) is 11.1 Å². The second-order valence-electron chi connectivity index (χ2n) is 8.61. The lowest BCUT2D eigenvalue weighted by atomic mass is 9.89. The molecule has 0 aliphatic carbocycles. The van der Waals surface area contributed by atoms with Crippen molar-refractivity contribution in [3.63, 3.8) is 0 Å². The minimum Gasteiger partial charge on any atom is -0.453 e. The first-order valence-electron chi connectivity index (χ1n) is 11.6. The number of benzene rings is 3. The number of hydrogen-bond acceptors (Lipinski definition) is 6. The molecule has 2 aliphatic heterocycles. The molecular formula is C28H28O6. The van der Waals surface area contributed by atoms with Crippen molar-refractivity contribution in [2.24, 2.45) is 5.92 Å². The Hall–Kier alpha value is -3.03. The maximum atomic E-state index is 12.9. The van der Waals surface area contributed by atoms with Gasteiger partial charge in [-0.05, 0) is 17.7 Å². The maximum Gasteiger partial charge on any atom is 0.338 e. The molecule has 2 fully saturated rings. The van der Waals surface area contributed by atoms with Gasteiger partial charge in [0.2, 0.25) is 0 Å². The molecule has 3 aromatic carbocycles. The van der Waals surface area contributed by atoms with Crippen LogP contribution in [0.25, 0.3) is 0 Å². The van der Waals surface area contributed by atoms with E-state index in [1.54, 1.807) is 12.1 Å². The molecule has 0 saturated carbocycles. The molecule has 6 nitrogen and oxygen atoms in total. The van der Waals surface area contributed by atoms with Crippen molar-refractivity contribution in [3.8, 4) is 0 Å². The fourth-order valence-electron chi connectivity index (χ4n) is 4.41. The molecule has 0 aromatic heterocycles. The van der Waals surface area contributed by atoms with Gasteiger partial charge in [0.15, 0.2) is 18.7 Å². The second-order valence-corrected chi connectivity index (χ2v) is 8.61. The fourth-order valence-corrected chi connectivity index (χ4v) is 4.41. The minimum atomic E-state index is -0.746. The van der Waals surface area contributed by atoms with Crippen molar-refractivity contribution in [2.75, 3.05) is 6.61 Å². The van der Waals surface area contributed by atoms with Crippen molar-refractivity contribution in [1.29, 1.82) is 0 Å². The predicted octanol–water partition coefficient (Wildman–Crippen LogP) is 4.90. The normalized spacial score (nSPS) is 28.6. The largest absolute Gasteiger partial charge is 0.453 e. The van der Waals surface area contributed by atoms with Crippen LogP contribution in [0.2, 0.25) is 0 Å². The van der Waals surface area contributed by atoms with Gasteiger partial charge in [0.25, 0.3) is 0 Å². The highest BCUT2D eigenvalue weighted by molar-refractivity contribution is 5.89. The summed E-state index contributed by atoms with van der Waals surface area (Å²) >= 11 is 0. The summed E-state index contributed by atoms with van der Waals surface area (Å²) in [6.07, 6.45) is -2.54. The molecule has 2 heterocycles. The molecule has 3 aromatic rings. The number of ether oxygens (including phenoxy) is 5. The van der Waals surface area contributed by atoms with E-state index in [2.05, 4.69) is 0 Å². The van der Waals surface area contributed by atoms with Crippen LogP contribution in [0.3, 0.4) is 0 Å². The van der Waals surface area contributed by atoms with Crippen molar-refractivity contribution in [1.82, 2.24) is 0 Å². The van der Waals surface area contributed by atoms with Gasteiger partial charge in [-0.25, -0.2) is 4.79 Å². The third-order valence-corrected chi connectivity index (χ3v) is 6.25. The van der Waals surface area contributed by atoms with Gasteiger partial charge in [-0.1, -0.05) is 85.8 Å². The van der Waals surface area contributed by atoms with Gasteiger partial charge in [0.1, 0.15) is 6.10 Å². The Kier molecular flexibility index (Phi) is 7.02. The summed E-state index contributed by atoms with van der Waals surface area (Å²) in [7, 11) is 0. The van der Waals surface area contributed by atoms with Gasteiger partial charge >= 0.3 is 5.97 Å². The smallest absolute Gasteiger partial charge is 0.338 e. The predicted molar refractivity (Wildman–Crippen MR) is 125 cm³/mol. The average Bonchev–Trinajstić information content (AvgIpc) is 2.90. The van der Waals surface area contributed by atoms with Gasteiger partial charge in [0, 0.05) is 11.5 Å². The van der Waals surface area contributed by atoms with Crippen LogP contribution in [0, 0.1) is 5.92 Å². The van der Waals surface area contributed by atoms with Gasteiger partial charge in [-0.2, -0.15) is 0 Å². The Bertz CT molecular complexity index is 1060. The fraction of sp³-hybridized carbons (Fsp3) is 0.321. The molecule has 0 N–H and O–H groups in total. The average molecular weight is 461 g/mol. The monoisotopic (exact) mass is 460 g/mol. The number of rotatable bonds is 6. The number of esters is 1. The third kappa shape index (κ3) is 5.05. The molecule has 6 heteroatoms. The highest BCUT2D eigenvalue weighted by Gasteiger charge is 2.50. The van der Waals surface area contributed by atoms with Crippen molar-refractivity contribution in [2.45, 2.75) is 44.4 Å². The number of fused-ring (bicyclic) bond motifs is 1. The molecule has 0 radical (unpaired) electrons. The van der Waals surface area contributed by atoms with E-state index in [4.69, 9.17) is 23.7 Å². The summed E-state index contributed by atoms with van der Waals surface area (Å²) in [4.78, 5) is 12.9. The Balaban J connectivity index is 1.35. The molecule has 0 bridgehead atoms. The van der Waals surface area contributed by atoms with Crippen LogP contribution >= 0.6 is 0 Å². The molecule has 5 rings (SSSR count). The summed E-state index contributed by atoms with van der Waals surface area (Å²) < 4.78 is 30.7. The van der Waals surface area contributed by atoms with Crippen molar-refractivity contribution >= 4 is 5.97 Å². The molecule has 3 unspecified atom stereocenters. The lowest BCUT2D eigenvalue weighted by Gasteiger charge is -2.48. The van der Waals surface area contributed by atoms with Crippen LogP contribution in [-0.4, -0.2) is 37.2 Å². The Morgan fingerprint density at radius 2 is 1.53 bits per heavy atom. The van der Waals surface area contributed by atoms with Crippen LogP contribution in [0.15, 0.2) is 91.0 Å². The van der Waals surface area contributed by atoms with Gasteiger partial charge < -0.3 is 23.7 Å². The zero-order valence-electron chi connectivity index (χ0n) is 19.0. The van der Waals surface area contributed by atoms with Crippen LogP contribution in [0.4, 0.5) is 0 Å². The van der Waals surface area contributed by atoms with Gasteiger partial charge in [-0.3, -0.25) is 0 Å². The highest BCUT2D eigenvalue weighted by Crippen LogP contribution is 2.38. The van der Waals surface area contributed by atoms with Crippen molar-refractivity contribution in [3.05, 3.63) is 108 Å². The summed E-state index contributed by atoms with van der Waals surface area (Å²) in [6, 6.07) is 28.6. The van der Waals surface area contributed by atoms with E-state index < -0.39 is 24.7 Å². The summed E-state index contributed by atoms with van der Waals surface area (Å²) in [5, 5.41) is 0. The molecule has 34 heavy (non-hydrogen) atoms. The molecule has 0 spiro atoms. The highest BCUT2D eigenvalue weighted by atomic mass is 16.8. The van der Waals surface area contributed by atoms with Crippen LogP contribution in [-0.2, 0) is 30.3 Å². The minimum absolute atomic E-state index is 0.178. The number of hydrogen-bond donors (Lipinski definition) is 0. The van der Waals surface area contributed by atoms with E-state index in [-0.39, 0.29) is 18.1 Å². The molecule has 2 aliphatic rings. The van der Waals surface area contributed by atoms with E-state index >= 15 is 0 Å². The van der Waals surface area contributed by atoms with E-state index in [1.807, 2.05) is 85.8 Å². The lowest BCUT2D eigenvalue weighted by molar-refractivity contribution is -0.352. The Morgan fingerprint density at radius 3 is 2.24 bits per heavy atom. The standard InChI is InChI=1S/C28H28O6/c1-19-24-23(18-31-27(34-24)22-15-9-4-10-16-22)32-28(30-17-20-11-5-2-6-12-20)25(19)33-26(29)21-13-7-3-8-14-21/h2-16,19,23-25,27-28H,17-18H2,1H3/t19-,23?,24-,25?,27?,28+/m0/s1. The SMILES string of the molecule is C[C@@H]1C(OC(=O)c2ccccc2)[C@H](OCc2ccccc2)OC2COC(c3ccccc3)O[C@H]21. The summed E-state index contributed by atoms with van der Waals surface area (Å²) in [6.45, 7) is 2.71. The second kappa shape index (κ2) is 10.5. The maximum absolute atomic E-state index is 12.9. The van der Waals surface area contributed by atoms with Gasteiger partial charge in [-0.15, -0.1) is 0 Å². The van der Waals surface area contributed by atoms with Crippen LogP contribution in [0.1, 0.15) is 34.7 Å². The van der Waals surface area contributed by atoms with E-state index in [1.165, 1.54) is 0 Å². The molecule has 176 valence electrons. The molecule has 0 amide bonds. The van der Waals surface area contributed by atoms with Gasteiger partial charge in [0.05, 0.1) is 24.9 Å². The third-order valence-electron chi connectivity index (χ3n) is 6.25. The summed E-state index contributed by atoms with van der Waals surface area (Å²) in [5.74, 6) is -0.596. The Labute approximate surface area is 199 Å². The first-order valence-corrected chi connectivity index (χ1v) is 11.6. The van der Waals surface area contributed by atoms with Crippen molar-refractivity contribution < 1.29 is 28.5 Å². The topological polar surface area (TPSA) is 63.2 Å². The van der Waals surface area contributed by atoms with Crippen LogP contribution in [0.5, 0.6) is 0 Å². The lowest BCUT2D eigenvalue weighted by Crippen LogP contribution is -2.59. The molecular weight excluding hydrogens is 432 g/mol. The molecule has 2 saturated heterocycles. The van der Waals surface area contributed by atoms with E-state index in [0.29, 0.717) is 18.8 Å². The zero-order chi connectivity index (χ0) is 23.3. The molecule has 6 atom stereocenters. The summed E-state index contributed by atoms with van der Waals surface area (Å²) in [5.41, 5.74) is 2.43. The quantitative estimate of drug-likeness (QED) is 0.488. The Morgan fingerprint density at radius 1 is 0.882 bits per heavy atom. The number of carbonyl (C=O) groups excluding carboxylic acids is 1. The first kappa shape index (κ1) is 22.7. The van der Waals surface area contributed by atoms with Crippen LogP contribution < -0.4 is 0 Å².